The summed E-state index contributed by atoms with van der Waals surface area (Å²) in [7, 11) is 1.39. The molecule has 0 aliphatic heterocycles. The van der Waals surface area contributed by atoms with Crippen LogP contribution in [0.4, 0.5) is 5.69 Å². The number of ether oxygens (including phenoxy) is 1. The van der Waals surface area contributed by atoms with Crippen molar-refractivity contribution in [3.8, 4) is 5.88 Å². The standard InChI is InChI=1S/C19H24N4O3S/c1-3-13-23-15-10-7-6-9-14(15)17(18(23)25)21-22-19(27)20-12-8-4-5-11-16(24)26-2/h3,6-7,9-10,25H,1,4-5,8,11-13H2,2H3,(H,20,27). The van der Waals surface area contributed by atoms with Gasteiger partial charge in [0.05, 0.1) is 12.6 Å². The van der Waals surface area contributed by atoms with E-state index < -0.39 is 0 Å². The van der Waals surface area contributed by atoms with Crippen LogP contribution in [0.3, 0.4) is 0 Å². The SMILES string of the molecule is C=CCn1c(O)c(N=NC(=S)NCCCCCC(=O)OC)c2ccccc21. The zero-order valence-electron chi connectivity index (χ0n) is 15.4. The zero-order valence-corrected chi connectivity index (χ0v) is 16.2. The predicted molar refractivity (Wildman–Crippen MR) is 109 cm³/mol. The van der Waals surface area contributed by atoms with E-state index in [1.165, 1.54) is 7.11 Å². The smallest absolute Gasteiger partial charge is 0.305 e. The lowest BCUT2D eigenvalue weighted by Crippen LogP contribution is -2.20. The minimum atomic E-state index is -0.192. The number of methoxy groups -OCH3 is 1. The first-order valence-corrected chi connectivity index (χ1v) is 9.16. The predicted octanol–water partition coefficient (Wildman–Crippen LogP) is 4.22. The largest absolute Gasteiger partial charge is 0.493 e. The number of aromatic nitrogens is 1. The molecule has 2 rings (SSSR count). The van der Waals surface area contributed by atoms with Crippen molar-refractivity contribution in [1.82, 2.24) is 9.88 Å². The van der Waals surface area contributed by atoms with E-state index in [4.69, 9.17) is 12.2 Å². The number of allylic oxidation sites excluding steroid dienone is 1. The maximum absolute atomic E-state index is 11.0. The molecule has 1 aromatic heterocycles. The average Bonchev–Trinajstić information content (AvgIpc) is 2.94. The van der Waals surface area contributed by atoms with Crippen molar-refractivity contribution in [3.63, 3.8) is 0 Å². The highest BCUT2D eigenvalue weighted by Crippen LogP contribution is 2.38. The van der Waals surface area contributed by atoms with Crippen LogP contribution >= 0.6 is 12.2 Å². The number of carbonyl (C=O) groups excluding carboxylic acids is 1. The van der Waals surface area contributed by atoms with Gasteiger partial charge in [0.25, 0.3) is 0 Å². The second kappa shape index (κ2) is 10.4. The maximum Gasteiger partial charge on any atom is 0.305 e. The monoisotopic (exact) mass is 388 g/mol. The number of azo groups is 1. The molecule has 2 aromatic rings. The van der Waals surface area contributed by atoms with Crippen molar-refractivity contribution >= 4 is 39.9 Å². The number of rotatable bonds is 9. The highest BCUT2D eigenvalue weighted by Gasteiger charge is 2.15. The molecule has 0 bridgehead atoms. The van der Waals surface area contributed by atoms with E-state index in [1.54, 1.807) is 10.6 Å². The first kappa shape index (κ1) is 20.6. The first-order valence-electron chi connectivity index (χ1n) is 8.76. The molecule has 27 heavy (non-hydrogen) atoms. The lowest BCUT2D eigenvalue weighted by molar-refractivity contribution is -0.140. The quantitative estimate of drug-likeness (QED) is 0.221. The normalized spacial score (nSPS) is 11.0. The van der Waals surface area contributed by atoms with E-state index in [0.717, 1.165) is 30.2 Å². The Morgan fingerprint density at radius 2 is 2.15 bits per heavy atom. The van der Waals surface area contributed by atoms with Crippen LogP contribution in [0.5, 0.6) is 5.88 Å². The zero-order chi connectivity index (χ0) is 19.6. The lowest BCUT2D eigenvalue weighted by Gasteiger charge is -2.03. The molecule has 7 nitrogen and oxygen atoms in total. The van der Waals surface area contributed by atoms with Gasteiger partial charge in [0.1, 0.15) is 0 Å². The Hall–Kier alpha value is -2.74. The van der Waals surface area contributed by atoms with Gasteiger partial charge < -0.3 is 19.7 Å². The van der Waals surface area contributed by atoms with Gasteiger partial charge in [0.2, 0.25) is 11.0 Å². The number of aromatic hydroxyl groups is 1. The maximum atomic E-state index is 11.0. The van der Waals surface area contributed by atoms with E-state index in [-0.39, 0.29) is 17.0 Å². The number of nitrogens with zero attached hydrogens (tertiary/aromatic N) is 3. The Morgan fingerprint density at radius 3 is 2.89 bits per heavy atom. The number of nitrogens with one attached hydrogen (secondary N) is 1. The van der Waals surface area contributed by atoms with Crippen LogP contribution in [0.1, 0.15) is 25.7 Å². The van der Waals surface area contributed by atoms with E-state index in [0.29, 0.717) is 25.2 Å². The Bertz CT molecular complexity index is 845. The van der Waals surface area contributed by atoms with Crippen LogP contribution in [-0.4, -0.2) is 34.4 Å². The fraction of sp³-hybridized carbons (Fsp3) is 0.368. The van der Waals surface area contributed by atoms with Crippen molar-refractivity contribution < 1.29 is 14.6 Å². The van der Waals surface area contributed by atoms with E-state index in [1.807, 2.05) is 24.3 Å². The molecule has 0 unspecified atom stereocenters. The van der Waals surface area contributed by atoms with Crippen LogP contribution in [0.2, 0.25) is 0 Å². The Kier molecular flexibility index (Phi) is 7.94. The highest BCUT2D eigenvalue weighted by molar-refractivity contribution is 7.80. The van der Waals surface area contributed by atoms with Crippen LogP contribution in [-0.2, 0) is 16.1 Å². The van der Waals surface area contributed by atoms with Gasteiger partial charge in [0.15, 0.2) is 5.69 Å². The molecule has 0 saturated heterocycles. The van der Waals surface area contributed by atoms with Gasteiger partial charge in [0, 0.05) is 24.9 Å². The number of para-hydroxylation sites is 1. The number of hydrogen-bond acceptors (Lipinski definition) is 5. The number of unbranched alkanes of at least 4 members (excludes halogenated alkanes) is 2. The molecular weight excluding hydrogens is 364 g/mol. The number of hydrogen-bond donors (Lipinski definition) is 2. The second-order valence-corrected chi connectivity index (χ2v) is 6.29. The first-order chi connectivity index (χ1) is 13.1. The summed E-state index contributed by atoms with van der Waals surface area (Å²) in [6, 6.07) is 7.56. The molecule has 144 valence electrons. The van der Waals surface area contributed by atoms with Gasteiger partial charge >= 0.3 is 5.97 Å². The number of benzene rings is 1. The van der Waals surface area contributed by atoms with Gasteiger partial charge in [-0.3, -0.25) is 4.79 Å². The Labute approximate surface area is 163 Å². The summed E-state index contributed by atoms with van der Waals surface area (Å²) in [6.07, 6.45) is 4.65. The van der Waals surface area contributed by atoms with Gasteiger partial charge in [-0.05, 0) is 31.1 Å². The van der Waals surface area contributed by atoms with Crippen molar-refractivity contribution in [2.24, 2.45) is 10.2 Å². The van der Waals surface area contributed by atoms with Gasteiger partial charge in [-0.1, -0.05) is 30.7 Å². The number of esters is 1. The molecule has 0 spiro atoms. The number of thiocarbonyl (C=S) groups is 1. The molecule has 0 amide bonds. The second-order valence-electron chi connectivity index (χ2n) is 5.91. The summed E-state index contributed by atoms with van der Waals surface area (Å²) in [5, 5.41) is 22.7. The fourth-order valence-corrected chi connectivity index (χ4v) is 2.83. The summed E-state index contributed by atoms with van der Waals surface area (Å²) in [6.45, 7) is 4.82. The molecular formula is C19H24N4O3S. The summed E-state index contributed by atoms with van der Waals surface area (Å²) < 4.78 is 6.31. The minimum absolute atomic E-state index is 0.0328. The van der Waals surface area contributed by atoms with Crippen LogP contribution in [0, 0.1) is 0 Å². The highest BCUT2D eigenvalue weighted by atomic mass is 32.1. The molecule has 0 atom stereocenters. The molecule has 2 N–H and O–H groups in total. The third kappa shape index (κ3) is 5.62. The molecule has 0 fully saturated rings. The van der Waals surface area contributed by atoms with Crippen molar-refractivity contribution in [3.05, 3.63) is 36.9 Å². The van der Waals surface area contributed by atoms with Crippen molar-refractivity contribution in [2.45, 2.75) is 32.2 Å². The Morgan fingerprint density at radius 1 is 1.37 bits per heavy atom. The van der Waals surface area contributed by atoms with Gasteiger partial charge in [-0.15, -0.1) is 16.8 Å². The topological polar surface area (TPSA) is 88.2 Å². The lowest BCUT2D eigenvalue weighted by atomic mass is 10.2. The van der Waals surface area contributed by atoms with Gasteiger partial charge in [-0.2, -0.15) is 0 Å². The van der Waals surface area contributed by atoms with E-state index in [9.17, 15) is 9.90 Å². The van der Waals surface area contributed by atoms with Crippen molar-refractivity contribution in [2.75, 3.05) is 13.7 Å². The third-order valence-corrected chi connectivity index (χ3v) is 4.26. The van der Waals surface area contributed by atoms with Crippen LogP contribution < -0.4 is 5.32 Å². The molecule has 0 radical (unpaired) electrons. The molecule has 0 saturated carbocycles. The summed E-state index contributed by atoms with van der Waals surface area (Å²) in [5.41, 5.74) is 1.24. The number of carbonyl (C=O) groups is 1. The molecule has 1 aromatic carbocycles. The summed E-state index contributed by atoms with van der Waals surface area (Å²) in [5.74, 6) is -0.159. The molecule has 1 heterocycles. The molecule has 0 aliphatic rings. The van der Waals surface area contributed by atoms with Crippen LogP contribution in [0.15, 0.2) is 47.1 Å². The average molecular weight is 388 g/mol. The fourth-order valence-electron chi connectivity index (χ4n) is 2.68. The third-order valence-electron chi connectivity index (χ3n) is 4.03. The minimum Gasteiger partial charge on any atom is -0.493 e. The summed E-state index contributed by atoms with van der Waals surface area (Å²) in [4.78, 5) is 11.0. The number of fused-ring (bicyclic) bond motifs is 1. The van der Waals surface area contributed by atoms with Crippen molar-refractivity contribution in [1.29, 1.82) is 0 Å². The molecule has 0 aliphatic carbocycles. The van der Waals surface area contributed by atoms with E-state index in [2.05, 4.69) is 26.9 Å². The molecule has 8 heteroatoms. The van der Waals surface area contributed by atoms with Gasteiger partial charge in [-0.25, -0.2) is 0 Å². The van der Waals surface area contributed by atoms with E-state index >= 15 is 0 Å². The van der Waals surface area contributed by atoms with Crippen LogP contribution in [0.25, 0.3) is 10.9 Å². The summed E-state index contributed by atoms with van der Waals surface area (Å²) >= 11 is 5.17. The Balaban J connectivity index is 1.92.